The Hall–Kier alpha value is -2.72. The van der Waals surface area contributed by atoms with Gasteiger partial charge in [0.2, 0.25) is 0 Å². The van der Waals surface area contributed by atoms with E-state index >= 15 is 0 Å². The second-order valence-corrected chi connectivity index (χ2v) is 12.1. The number of esters is 1. The molecule has 2 fully saturated rings. The average Bonchev–Trinajstić information content (AvgIpc) is 2.96. The van der Waals surface area contributed by atoms with Crippen LogP contribution in [0.4, 0.5) is 0 Å². The zero-order valence-electron chi connectivity index (χ0n) is 26.3. The van der Waals surface area contributed by atoms with Crippen LogP contribution in [0.25, 0.3) is 0 Å². The predicted octanol–water partition coefficient (Wildman–Crippen LogP) is 1.13. The van der Waals surface area contributed by atoms with Gasteiger partial charge in [-0.05, 0) is 26.7 Å². The van der Waals surface area contributed by atoms with Crippen LogP contribution in [0.1, 0.15) is 58.8 Å². The van der Waals surface area contributed by atoms with Gasteiger partial charge in [0.15, 0.2) is 12.1 Å². The normalized spacial score (nSPS) is 44.1. The van der Waals surface area contributed by atoms with E-state index in [4.69, 9.17) is 24.7 Å². The highest BCUT2D eigenvalue weighted by Gasteiger charge is 2.50. The van der Waals surface area contributed by atoms with Gasteiger partial charge < -0.3 is 55.3 Å². The van der Waals surface area contributed by atoms with E-state index in [1.165, 1.54) is 0 Å². The average molecular weight is 652 g/mol. The van der Waals surface area contributed by atoms with Crippen LogP contribution in [-0.2, 0) is 28.5 Å². The Morgan fingerprint density at radius 3 is 2.37 bits per heavy atom. The first-order chi connectivity index (χ1) is 21.8. The highest BCUT2D eigenvalue weighted by Crippen LogP contribution is 2.38. The van der Waals surface area contributed by atoms with Gasteiger partial charge in [0.25, 0.3) is 0 Å². The van der Waals surface area contributed by atoms with Gasteiger partial charge >= 0.3 is 11.9 Å². The Kier molecular flexibility index (Phi) is 14.8. The number of carboxylic acid groups (broad SMARTS) is 1. The van der Waals surface area contributed by atoms with Crippen molar-refractivity contribution < 1.29 is 59.2 Å². The molecule has 46 heavy (non-hydrogen) atoms. The van der Waals surface area contributed by atoms with Crippen molar-refractivity contribution in [3.63, 3.8) is 0 Å². The smallest absolute Gasteiger partial charge is 0.311 e. The molecule has 3 unspecified atom stereocenters. The summed E-state index contributed by atoms with van der Waals surface area (Å²) < 4.78 is 23.0. The van der Waals surface area contributed by atoms with E-state index < -0.39 is 79.2 Å². The van der Waals surface area contributed by atoms with Crippen molar-refractivity contribution in [2.75, 3.05) is 0 Å². The van der Waals surface area contributed by atoms with Gasteiger partial charge in [-0.3, -0.25) is 9.59 Å². The molecule has 13 heteroatoms. The summed E-state index contributed by atoms with van der Waals surface area (Å²) in [4.78, 5) is 24.3. The maximum Gasteiger partial charge on any atom is 0.311 e. The van der Waals surface area contributed by atoms with Crippen LogP contribution in [0.2, 0.25) is 0 Å². The molecule has 3 aliphatic heterocycles. The minimum absolute atomic E-state index is 0.110. The number of aliphatic carboxylic acids is 1. The summed E-state index contributed by atoms with van der Waals surface area (Å²) in [6.45, 7) is 3.42. The van der Waals surface area contributed by atoms with Crippen molar-refractivity contribution in [3.05, 3.63) is 60.8 Å². The lowest BCUT2D eigenvalue weighted by Crippen LogP contribution is -2.61. The number of cyclic esters (lactones) is 1. The summed E-state index contributed by atoms with van der Waals surface area (Å²) >= 11 is 0. The van der Waals surface area contributed by atoms with Gasteiger partial charge in [-0.2, -0.15) is 0 Å². The maximum atomic E-state index is 12.2. The number of allylic oxidation sites excluding steroid dienone is 7. The molecule has 0 radical (unpaired) electrons. The van der Waals surface area contributed by atoms with Crippen LogP contribution in [0.5, 0.6) is 0 Å². The van der Waals surface area contributed by atoms with Gasteiger partial charge in [-0.25, -0.2) is 0 Å². The SMILES string of the molecule is CC1O[C@@H](O[C@H]2/C=C/C=C/C=C/C=C/C[C@@H](C)OC(=O)CC/C=C/C[C@H](O)C[C@]3(O)C[C@H](O)[C@@H](C(=O)O)[C@H](C2)O3)C(O)C(O)[C@@H]1N. The first-order valence-electron chi connectivity index (χ1n) is 15.7. The number of carbonyl (C=O) groups excluding carboxylic acids is 1. The van der Waals surface area contributed by atoms with Gasteiger partial charge in [0, 0.05) is 32.1 Å². The molecule has 0 aromatic carbocycles. The minimum atomic E-state index is -2.07. The van der Waals surface area contributed by atoms with Crippen molar-refractivity contribution >= 4 is 11.9 Å². The quantitative estimate of drug-likeness (QED) is 0.168. The molecule has 3 aliphatic rings. The van der Waals surface area contributed by atoms with Crippen LogP contribution in [-0.4, -0.2) is 110 Å². The molecule has 13 nitrogen and oxygen atoms in total. The summed E-state index contributed by atoms with van der Waals surface area (Å²) in [5.74, 6) is -5.21. The van der Waals surface area contributed by atoms with Crippen LogP contribution < -0.4 is 5.73 Å². The summed E-state index contributed by atoms with van der Waals surface area (Å²) in [6.07, 6.45) is 7.38. The van der Waals surface area contributed by atoms with E-state index in [-0.39, 0.29) is 37.8 Å². The minimum Gasteiger partial charge on any atom is -0.481 e. The Morgan fingerprint density at radius 2 is 1.65 bits per heavy atom. The molecule has 3 heterocycles. The highest BCUT2D eigenvalue weighted by molar-refractivity contribution is 5.71. The highest BCUT2D eigenvalue weighted by atomic mass is 16.7. The lowest BCUT2D eigenvalue weighted by molar-refractivity contribution is -0.308. The van der Waals surface area contributed by atoms with Crippen LogP contribution in [0, 0.1) is 5.92 Å². The van der Waals surface area contributed by atoms with Gasteiger partial charge in [0.1, 0.15) is 24.2 Å². The number of hydrogen-bond donors (Lipinski definition) is 7. The zero-order chi connectivity index (χ0) is 33.9. The third-order valence-corrected chi connectivity index (χ3v) is 8.15. The standard InChI is InChI=1S/C33H49NO12/c1-20-13-9-6-4-3-5-7-11-15-23(45-32-30(39)29(38)28(34)21(2)44-32)17-25-27(31(40)41)24(36)19-33(42,46-25)18-22(35)14-10-8-12-16-26(37)43-20/h3-11,15,20-25,27-30,32,35-36,38-39,42H,12-14,16-19,34H2,1-2H3,(H,40,41)/b4-3+,7-5+,9-6+,10-8+,15-11+/t20-,21?,22+,23+,24+,25+,27-,28-,29?,30?,32+,33-/m1/s1. The van der Waals surface area contributed by atoms with Gasteiger partial charge in [0.05, 0.1) is 36.6 Å². The summed E-state index contributed by atoms with van der Waals surface area (Å²) in [6, 6.07) is -0.863. The monoisotopic (exact) mass is 651 g/mol. The van der Waals surface area contributed by atoms with Crippen molar-refractivity contribution in [2.45, 2.75) is 126 Å². The number of hydrogen-bond acceptors (Lipinski definition) is 12. The second kappa shape index (κ2) is 18.0. The van der Waals surface area contributed by atoms with E-state index in [1.54, 1.807) is 62.5 Å². The zero-order valence-corrected chi connectivity index (χ0v) is 26.3. The maximum absolute atomic E-state index is 12.2. The van der Waals surface area contributed by atoms with Crippen molar-refractivity contribution in [2.24, 2.45) is 11.7 Å². The molecule has 8 N–H and O–H groups in total. The molecule has 0 aromatic heterocycles. The molecule has 0 spiro atoms. The van der Waals surface area contributed by atoms with Crippen LogP contribution in [0.15, 0.2) is 60.8 Å². The van der Waals surface area contributed by atoms with Gasteiger partial charge in [-0.15, -0.1) is 0 Å². The Bertz CT molecular complexity index is 1140. The third kappa shape index (κ3) is 11.5. The molecule has 0 aliphatic carbocycles. The van der Waals surface area contributed by atoms with Crippen molar-refractivity contribution in [3.8, 4) is 0 Å². The number of carboxylic acids is 1. The van der Waals surface area contributed by atoms with Crippen LogP contribution in [0.3, 0.4) is 0 Å². The number of aliphatic hydroxyl groups excluding tert-OH is 4. The number of fused-ring (bicyclic) bond motifs is 2. The van der Waals surface area contributed by atoms with E-state index in [2.05, 4.69) is 0 Å². The van der Waals surface area contributed by atoms with E-state index in [9.17, 15) is 40.2 Å². The second-order valence-electron chi connectivity index (χ2n) is 12.1. The number of ether oxygens (including phenoxy) is 4. The Morgan fingerprint density at radius 1 is 0.957 bits per heavy atom. The molecule has 258 valence electrons. The van der Waals surface area contributed by atoms with Crippen LogP contribution >= 0.6 is 0 Å². The number of aliphatic hydroxyl groups is 5. The van der Waals surface area contributed by atoms with Gasteiger partial charge in [-0.1, -0.05) is 60.8 Å². The summed E-state index contributed by atoms with van der Waals surface area (Å²) in [7, 11) is 0. The summed E-state index contributed by atoms with van der Waals surface area (Å²) in [5.41, 5.74) is 5.91. The van der Waals surface area contributed by atoms with E-state index in [0.717, 1.165) is 0 Å². The fourth-order valence-corrected chi connectivity index (χ4v) is 5.65. The largest absolute Gasteiger partial charge is 0.481 e. The molecule has 0 saturated carbocycles. The fraction of sp³-hybridized carbons (Fsp3) is 0.636. The molecular formula is C33H49NO12. The first kappa shape index (κ1) is 37.7. The molecule has 2 bridgehead atoms. The van der Waals surface area contributed by atoms with E-state index in [1.807, 2.05) is 12.2 Å². The summed E-state index contributed by atoms with van der Waals surface area (Å²) in [5, 5.41) is 63.8. The molecule has 0 aromatic rings. The lowest BCUT2D eigenvalue weighted by atomic mass is 9.83. The fourth-order valence-electron chi connectivity index (χ4n) is 5.65. The number of nitrogens with two attached hydrogens (primary N) is 1. The molecule has 12 atom stereocenters. The van der Waals surface area contributed by atoms with Crippen molar-refractivity contribution in [1.29, 1.82) is 0 Å². The van der Waals surface area contributed by atoms with E-state index in [0.29, 0.717) is 12.8 Å². The Labute approximate surface area is 269 Å². The molecule has 3 rings (SSSR count). The molecule has 2 saturated heterocycles. The topological polar surface area (TPSA) is 218 Å². The molecular weight excluding hydrogens is 602 g/mol. The predicted molar refractivity (Wildman–Crippen MR) is 166 cm³/mol. The molecule has 0 amide bonds. The third-order valence-electron chi connectivity index (χ3n) is 8.15. The lowest BCUT2D eigenvalue weighted by Gasteiger charge is -2.45. The Balaban J connectivity index is 1.88. The van der Waals surface area contributed by atoms with Crippen molar-refractivity contribution in [1.82, 2.24) is 0 Å². The first-order valence-corrected chi connectivity index (χ1v) is 15.7. The number of rotatable bonds is 3. The number of carbonyl (C=O) groups is 2.